The van der Waals surface area contributed by atoms with E-state index in [0.717, 1.165) is 26.1 Å². The Morgan fingerprint density at radius 2 is 1.56 bits per heavy atom. The van der Waals surface area contributed by atoms with Crippen molar-refractivity contribution < 1.29 is 9.53 Å². The zero-order chi connectivity index (χ0) is 19.9. The van der Waals surface area contributed by atoms with Crippen molar-refractivity contribution in [3.05, 3.63) is 103 Å². The van der Waals surface area contributed by atoms with Crippen LogP contribution in [0.15, 0.2) is 86.5 Å². The molecule has 0 aliphatic carbocycles. The van der Waals surface area contributed by atoms with Gasteiger partial charge in [0.25, 0.3) is 0 Å². The quantitative estimate of drug-likeness (QED) is 0.463. The predicted molar refractivity (Wildman–Crippen MR) is 115 cm³/mol. The third-order valence-electron chi connectivity index (χ3n) is 3.90. The number of methoxy groups -OCH3 is 1. The van der Waals surface area contributed by atoms with Gasteiger partial charge < -0.3 is 4.74 Å². The van der Waals surface area contributed by atoms with E-state index >= 15 is 0 Å². The summed E-state index contributed by atoms with van der Waals surface area (Å²) in [5, 5.41) is 0. The maximum absolute atomic E-state index is 10.8. The summed E-state index contributed by atoms with van der Waals surface area (Å²) in [6.07, 6.45) is 6.79. The molecule has 27 heavy (non-hydrogen) atoms. The number of ether oxygens (including phenoxy) is 1. The molecule has 0 aromatic heterocycles. The molecule has 0 radical (unpaired) electrons. The molecule has 2 aromatic carbocycles. The molecule has 0 amide bonds. The maximum Gasteiger partial charge on any atom is 0.337 e. The fourth-order valence-electron chi connectivity index (χ4n) is 2.42. The average molecular weight is 364 g/mol. The average Bonchev–Trinajstić information content (AvgIpc) is 2.73. The Balaban J connectivity index is 0.000000309. The topological polar surface area (TPSA) is 29.5 Å². The lowest BCUT2D eigenvalue weighted by Gasteiger charge is -2.18. The molecular weight excluding hydrogens is 334 g/mol. The number of carbonyl (C=O) groups is 1. The summed E-state index contributed by atoms with van der Waals surface area (Å²) in [5.41, 5.74) is 3.11. The maximum atomic E-state index is 10.8. The summed E-state index contributed by atoms with van der Waals surface area (Å²) in [7, 11) is 1.37. The van der Waals surface area contributed by atoms with Crippen molar-refractivity contribution in [1.29, 1.82) is 0 Å². The second kappa shape index (κ2) is 13.3. The summed E-state index contributed by atoms with van der Waals surface area (Å²) in [4.78, 5) is 13.1. The second-order valence-electron chi connectivity index (χ2n) is 5.89. The first-order valence-corrected chi connectivity index (χ1v) is 8.93. The highest BCUT2D eigenvalue weighted by Crippen LogP contribution is 2.07. The Bertz CT molecular complexity index is 695. The number of nitrogens with zero attached hydrogens (tertiary/aromatic N) is 1. The van der Waals surface area contributed by atoms with Crippen molar-refractivity contribution in [2.45, 2.75) is 6.42 Å². The van der Waals surface area contributed by atoms with E-state index in [0.29, 0.717) is 5.56 Å². The zero-order valence-corrected chi connectivity index (χ0v) is 16.1. The summed E-state index contributed by atoms with van der Waals surface area (Å²) >= 11 is 0. The van der Waals surface area contributed by atoms with E-state index in [4.69, 9.17) is 0 Å². The molecule has 0 aliphatic heterocycles. The van der Waals surface area contributed by atoms with Crippen LogP contribution in [0.25, 0.3) is 6.08 Å². The molecule has 0 aliphatic rings. The van der Waals surface area contributed by atoms with E-state index < -0.39 is 0 Å². The normalized spacial score (nSPS) is 9.70. The predicted octanol–water partition coefficient (Wildman–Crippen LogP) is 5.02. The molecule has 0 saturated heterocycles. The van der Waals surface area contributed by atoms with Crippen LogP contribution in [0, 0.1) is 0 Å². The van der Waals surface area contributed by atoms with Crippen molar-refractivity contribution in [3.8, 4) is 0 Å². The zero-order valence-electron chi connectivity index (χ0n) is 16.1. The fraction of sp³-hybridized carbons (Fsp3) is 0.208. The number of hydrogen-bond acceptors (Lipinski definition) is 3. The number of carbonyl (C=O) groups excluding carboxylic acids is 1. The van der Waals surface area contributed by atoms with Gasteiger partial charge in [0, 0.05) is 19.6 Å². The van der Waals surface area contributed by atoms with Gasteiger partial charge in [0.1, 0.15) is 0 Å². The molecule has 0 atom stereocenters. The van der Waals surface area contributed by atoms with Crippen LogP contribution >= 0.6 is 0 Å². The van der Waals surface area contributed by atoms with Gasteiger partial charge in [0.05, 0.1) is 12.7 Å². The number of benzene rings is 2. The minimum atomic E-state index is -0.291. The lowest BCUT2D eigenvalue weighted by atomic mass is 10.1. The van der Waals surface area contributed by atoms with Gasteiger partial charge in [0.2, 0.25) is 0 Å². The third kappa shape index (κ3) is 8.84. The fourth-order valence-corrected chi connectivity index (χ4v) is 2.42. The minimum absolute atomic E-state index is 0.291. The molecule has 0 bridgehead atoms. The molecule has 0 unspecified atom stereocenters. The molecule has 0 N–H and O–H groups in total. The van der Waals surface area contributed by atoms with Gasteiger partial charge in [-0.2, -0.15) is 0 Å². The second-order valence-corrected chi connectivity index (χ2v) is 5.89. The Hall–Kier alpha value is -2.91. The van der Waals surface area contributed by atoms with Crippen LogP contribution in [0.4, 0.5) is 0 Å². The lowest BCUT2D eigenvalue weighted by Crippen LogP contribution is -2.26. The van der Waals surface area contributed by atoms with Gasteiger partial charge in [-0.05, 0) is 29.7 Å². The molecule has 0 heterocycles. The van der Waals surface area contributed by atoms with Gasteiger partial charge in [-0.1, -0.05) is 67.3 Å². The molecule has 142 valence electrons. The molecule has 0 saturated carbocycles. The van der Waals surface area contributed by atoms with Gasteiger partial charge in [-0.25, -0.2) is 4.79 Å². The van der Waals surface area contributed by atoms with Crippen molar-refractivity contribution >= 4 is 12.0 Å². The first kappa shape index (κ1) is 22.1. The van der Waals surface area contributed by atoms with Crippen LogP contribution in [0.2, 0.25) is 0 Å². The van der Waals surface area contributed by atoms with Gasteiger partial charge in [-0.3, -0.25) is 4.90 Å². The largest absolute Gasteiger partial charge is 0.465 e. The van der Waals surface area contributed by atoms with Gasteiger partial charge >= 0.3 is 5.97 Å². The van der Waals surface area contributed by atoms with E-state index in [9.17, 15) is 4.79 Å². The minimum Gasteiger partial charge on any atom is -0.465 e. The van der Waals surface area contributed by atoms with E-state index in [2.05, 4.69) is 53.6 Å². The van der Waals surface area contributed by atoms with Crippen molar-refractivity contribution in [1.82, 2.24) is 4.90 Å². The standard InChI is InChI=1S/C16H21N.C8H8O2/c1-4-12-17(13-5-2)14-11-16-9-7-15(6-3)8-10-16;1-10-8(9)7-5-3-2-4-6-7/h4-10H,1-3,11-14H2;2-6H,1H3. The summed E-state index contributed by atoms with van der Waals surface area (Å²) in [6.45, 7) is 14.2. The van der Waals surface area contributed by atoms with Crippen LogP contribution in [0.1, 0.15) is 21.5 Å². The molecule has 3 nitrogen and oxygen atoms in total. The van der Waals surface area contributed by atoms with E-state index in [1.807, 2.05) is 24.3 Å². The van der Waals surface area contributed by atoms with E-state index in [1.54, 1.807) is 24.3 Å². The first-order chi connectivity index (χ1) is 13.1. The molecule has 2 aromatic rings. The third-order valence-corrected chi connectivity index (χ3v) is 3.90. The van der Waals surface area contributed by atoms with Gasteiger partial charge in [-0.15, -0.1) is 13.2 Å². The molecule has 2 rings (SSSR count). The first-order valence-electron chi connectivity index (χ1n) is 8.93. The van der Waals surface area contributed by atoms with Crippen LogP contribution in [0.3, 0.4) is 0 Å². The Morgan fingerprint density at radius 1 is 0.963 bits per heavy atom. The number of hydrogen-bond donors (Lipinski definition) is 0. The smallest absolute Gasteiger partial charge is 0.337 e. The number of esters is 1. The molecule has 0 spiro atoms. The Labute approximate surface area is 163 Å². The molecule has 0 fully saturated rings. The van der Waals surface area contributed by atoms with Crippen molar-refractivity contribution in [2.24, 2.45) is 0 Å². The van der Waals surface area contributed by atoms with E-state index in [1.165, 1.54) is 18.2 Å². The summed E-state index contributed by atoms with van der Waals surface area (Å²) < 4.78 is 4.50. The highest BCUT2D eigenvalue weighted by Gasteiger charge is 2.01. The summed E-state index contributed by atoms with van der Waals surface area (Å²) in [6, 6.07) is 17.4. The van der Waals surface area contributed by atoms with Crippen LogP contribution in [0.5, 0.6) is 0 Å². The van der Waals surface area contributed by atoms with Crippen molar-refractivity contribution in [2.75, 3.05) is 26.7 Å². The highest BCUT2D eigenvalue weighted by molar-refractivity contribution is 5.89. The van der Waals surface area contributed by atoms with Crippen LogP contribution in [-0.2, 0) is 11.2 Å². The lowest BCUT2D eigenvalue weighted by molar-refractivity contribution is 0.0600. The SMILES string of the molecule is C=CCN(CC=C)CCc1ccc(C=C)cc1.COC(=O)c1ccccc1. The van der Waals surface area contributed by atoms with E-state index in [-0.39, 0.29) is 5.97 Å². The van der Waals surface area contributed by atoms with Gasteiger partial charge in [0.15, 0.2) is 0 Å². The summed E-state index contributed by atoms with van der Waals surface area (Å²) in [5.74, 6) is -0.291. The Kier molecular flexibility index (Phi) is 10.9. The highest BCUT2D eigenvalue weighted by atomic mass is 16.5. The monoisotopic (exact) mass is 363 g/mol. The number of rotatable bonds is 9. The Morgan fingerprint density at radius 3 is 2.04 bits per heavy atom. The molecular formula is C24H29NO2. The van der Waals surface area contributed by atoms with Crippen LogP contribution < -0.4 is 0 Å². The molecule has 3 heteroatoms. The van der Waals surface area contributed by atoms with Crippen LogP contribution in [-0.4, -0.2) is 37.6 Å². The van der Waals surface area contributed by atoms with Crippen molar-refractivity contribution in [3.63, 3.8) is 0 Å².